The van der Waals surface area contributed by atoms with E-state index in [1.807, 2.05) is 43.3 Å². The maximum Gasteiger partial charge on any atom is 0.356 e. The number of aryl methyl sites for hydroxylation is 1. The van der Waals surface area contributed by atoms with E-state index >= 15 is 0 Å². The van der Waals surface area contributed by atoms with Gasteiger partial charge in [-0.15, -0.1) is 0 Å². The Labute approximate surface area is 136 Å². The van der Waals surface area contributed by atoms with Gasteiger partial charge >= 0.3 is 5.97 Å². The van der Waals surface area contributed by atoms with Crippen molar-refractivity contribution in [2.24, 2.45) is 0 Å². The normalized spacial score (nSPS) is 16.3. The van der Waals surface area contributed by atoms with Crippen molar-refractivity contribution in [3.05, 3.63) is 53.6 Å². The van der Waals surface area contributed by atoms with Crippen LogP contribution in [0.25, 0.3) is 0 Å². The first kappa shape index (κ1) is 15.4. The highest BCUT2D eigenvalue weighted by Gasteiger charge is 2.29. The van der Waals surface area contributed by atoms with Crippen molar-refractivity contribution in [3.8, 4) is 17.2 Å². The Balaban J connectivity index is 1.69. The zero-order chi connectivity index (χ0) is 16.4. The number of hydrogen-bond acceptors (Lipinski definition) is 4. The number of benzene rings is 2. The maximum absolute atomic E-state index is 12.3. The summed E-state index contributed by atoms with van der Waals surface area (Å²) in [6.45, 7) is 6.44. The molecule has 2 aromatic rings. The summed E-state index contributed by atoms with van der Waals surface area (Å²) in [6, 6.07) is 13.0. The number of rotatable bonds is 3. The van der Waals surface area contributed by atoms with E-state index in [2.05, 4.69) is 13.8 Å². The molecule has 23 heavy (non-hydrogen) atoms. The van der Waals surface area contributed by atoms with E-state index in [-0.39, 0.29) is 6.61 Å². The predicted octanol–water partition coefficient (Wildman–Crippen LogP) is 3.86. The fourth-order valence-electron chi connectivity index (χ4n) is 2.68. The standard InChI is InChI=1S/C19H20O4/c1-12(2)15-9-8-14(10-13(15)3)22-19(20)18-11-21-16-6-4-5-7-17(16)23-18/h4-10,12,18H,11H2,1-3H3/t18-/m0/s1. The molecule has 0 radical (unpaired) electrons. The van der Waals surface area contributed by atoms with Gasteiger partial charge in [-0.1, -0.05) is 32.0 Å². The van der Waals surface area contributed by atoms with Crippen LogP contribution in [0.5, 0.6) is 17.2 Å². The minimum absolute atomic E-state index is 0.152. The SMILES string of the molecule is Cc1cc(OC(=O)[C@@H]2COc3ccccc3O2)ccc1C(C)C. The van der Waals surface area contributed by atoms with Crippen LogP contribution in [0.15, 0.2) is 42.5 Å². The Hall–Kier alpha value is -2.49. The maximum atomic E-state index is 12.3. The lowest BCUT2D eigenvalue weighted by Crippen LogP contribution is -2.39. The lowest BCUT2D eigenvalue weighted by atomic mass is 9.98. The summed E-state index contributed by atoms with van der Waals surface area (Å²) < 4.78 is 16.6. The number of ether oxygens (including phenoxy) is 3. The van der Waals surface area contributed by atoms with Gasteiger partial charge in [0, 0.05) is 0 Å². The molecule has 1 aliphatic heterocycles. The van der Waals surface area contributed by atoms with Gasteiger partial charge in [-0.2, -0.15) is 0 Å². The first-order valence-corrected chi connectivity index (χ1v) is 7.75. The molecule has 1 atom stereocenters. The van der Waals surface area contributed by atoms with Gasteiger partial charge in [-0.3, -0.25) is 0 Å². The van der Waals surface area contributed by atoms with E-state index < -0.39 is 12.1 Å². The van der Waals surface area contributed by atoms with Crippen LogP contribution in [0, 0.1) is 6.92 Å². The van der Waals surface area contributed by atoms with E-state index in [4.69, 9.17) is 14.2 Å². The van der Waals surface area contributed by atoms with Gasteiger partial charge in [0.1, 0.15) is 12.4 Å². The molecule has 3 rings (SSSR count). The third kappa shape index (κ3) is 3.31. The number of para-hydroxylation sites is 2. The third-order valence-electron chi connectivity index (χ3n) is 3.85. The summed E-state index contributed by atoms with van der Waals surface area (Å²) >= 11 is 0. The fraction of sp³-hybridized carbons (Fsp3) is 0.316. The summed E-state index contributed by atoms with van der Waals surface area (Å²) in [5, 5.41) is 0. The van der Waals surface area contributed by atoms with Crippen molar-refractivity contribution in [1.82, 2.24) is 0 Å². The predicted molar refractivity (Wildman–Crippen MR) is 87.3 cm³/mol. The number of fused-ring (bicyclic) bond motifs is 1. The lowest BCUT2D eigenvalue weighted by molar-refractivity contribution is -0.144. The van der Waals surface area contributed by atoms with Crippen molar-refractivity contribution >= 4 is 5.97 Å². The van der Waals surface area contributed by atoms with Crippen LogP contribution < -0.4 is 14.2 Å². The van der Waals surface area contributed by atoms with Crippen LogP contribution in [0.4, 0.5) is 0 Å². The number of carbonyl (C=O) groups is 1. The molecule has 0 saturated carbocycles. The van der Waals surface area contributed by atoms with Crippen molar-refractivity contribution in [3.63, 3.8) is 0 Å². The highest BCUT2D eigenvalue weighted by atomic mass is 16.6. The number of hydrogen-bond donors (Lipinski definition) is 0. The molecule has 0 aromatic heterocycles. The minimum atomic E-state index is -0.755. The summed E-state index contributed by atoms with van der Waals surface area (Å²) in [5.41, 5.74) is 2.35. The molecular weight excluding hydrogens is 292 g/mol. The molecule has 0 bridgehead atoms. The summed E-state index contributed by atoms with van der Waals surface area (Å²) in [6.07, 6.45) is -0.755. The fourth-order valence-corrected chi connectivity index (χ4v) is 2.68. The van der Waals surface area contributed by atoms with E-state index in [0.717, 1.165) is 5.56 Å². The zero-order valence-corrected chi connectivity index (χ0v) is 13.5. The average Bonchev–Trinajstić information content (AvgIpc) is 2.54. The Kier molecular flexibility index (Phi) is 4.24. The van der Waals surface area contributed by atoms with E-state index in [9.17, 15) is 4.79 Å². The van der Waals surface area contributed by atoms with Gasteiger partial charge in [0.25, 0.3) is 0 Å². The minimum Gasteiger partial charge on any atom is -0.485 e. The van der Waals surface area contributed by atoms with Crippen LogP contribution in [0.2, 0.25) is 0 Å². The molecule has 0 amide bonds. The first-order valence-electron chi connectivity index (χ1n) is 7.75. The van der Waals surface area contributed by atoms with Crippen molar-refractivity contribution < 1.29 is 19.0 Å². The van der Waals surface area contributed by atoms with Crippen molar-refractivity contribution in [1.29, 1.82) is 0 Å². The number of esters is 1. The highest BCUT2D eigenvalue weighted by Crippen LogP contribution is 2.31. The number of carbonyl (C=O) groups excluding carboxylic acids is 1. The van der Waals surface area contributed by atoms with Gasteiger partial charge in [0.2, 0.25) is 6.10 Å². The van der Waals surface area contributed by atoms with Crippen LogP contribution in [-0.2, 0) is 4.79 Å². The monoisotopic (exact) mass is 312 g/mol. The summed E-state index contributed by atoms with van der Waals surface area (Å²) in [7, 11) is 0. The van der Waals surface area contributed by atoms with E-state index in [1.165, 1.54) is 5.56 Å². The average molecular weight is 312 g/mol. The second-order valence-corrected chi connectivity index (χ2v) is 5.96. The Morgan fingerprint density at radius 3 is 2.61 bits per heavy atom. The topological polar surface area (TPSA) is 44.8 Å². The molecule has 0 aliphatic carbocycles. The van der Waals surface area contributed by atoms with E-state index in [0.29, 0.717) is 23.2 Å². The first-order chi connectivity index (χ1) is 11.0. The molecule has 0 spiro atoms. The Morgan fingerprint density at radius 1 is 1.17 bits per heavy atom. The van der Waals surface area contributed by atoms with Gasteiger partial charge in [-0.05, 0) is 48.2 Å². The molecule has 0 N–H and O–H groups in total. The molecule has 0 fully saturated rings. The highest BCUT2D eigenvalue weighted by molar-refractivity contribution is 5.78. The largest absolute Gasteiger partial charge is 0.485 e. The quantitative estimate of drug-likeness (QED) is 0.637. The van der Waals surface area contributed by atoms with Gasteiger partial charge in [0.15, 0.2) is 11.5 Å². The lowest BCUT2D eigenvalue weighted by Gasteiger charge is -2.25. The second kappa shape index (κ2) is 6.32. The molecule has 4 nitrogen and oxygen atoms in total. The summed E-state index contributed by atoms with van der Waals surface area (Å²) in [4.78, 5) is 12.3. The molecular formula is C19H20O4. The van der Waals surface area contributed by atoms with Gasteiger partial charge < -0.3 is 14.2 Å². The van der Waals surface area contributed by atoms with Gasteiger partial charge in [0.05, 0.1) is 0 Å². The molecule has 1 aliphatic rings. The molecule has 1 heterocycles. The van der Waals surface area contributed by atoms with Crippen LogP contribution in [-0.4, -0.2) is 18.7 Å². The smallest absolute Gasteiger partial charge is 0.356 e. The summed E-state index contributed by atoms with van der Waals surface area (Å²) in [5.74, 6) is 1.72. The van der Waals surface area contributed by atoms with E-state index in [1.54, 1.807) is 6.07 Å². The Bertz CT molecular complexity index is 721. The molecule has 0 saturated heterocycles. The zero-order valence-electron chi connectivity index (χ0n) is 13.5. The Morgan fingerprint density at radius 2 is 1.91 bits per heavy atom. The molecule has 0 unspecified atom stereocenters. The van der Waals surface area contributed by atoms with Crippen molar-refractivity contribution in [2.45, 2.75) is 32.8 Å². The molecule has 4 heteroatoms. The van der Waals surface area contributed by atoms with Crippen LogP contribution in [0.1, 0.15) is 30.9 Å². The van der Waals surface area contributed by atoms with Gasteiger partial charge in [-0.25, -0.2) is 4.79 Å². The van der Waals surface area contributed by atoms with Crippen molar-refractivity contribution in [2.75, 3.05) is 6.61 Å². The molecule has 2 aromatic carbocycles. The molecule has 120 valence electrons. The third-order valence-corrected chi connectivity index (χ3v) is 3.85. The second-order valence-electron chi connectivity index (χ2n) is 5.96. The van der Waals surface area contributed by atoms with Crippen LogP contribution >= 0.6 is 0 Å². The van der Waals surface area contributed by atoms with Crippen LogP contribution in [0.3, 0.4) is 0 Å².